The molecule has 3 saturated carbocycles. The zero-order chi connectivity index (χ0) is 28.4. The molecule has 1 aromatic rings. The van der Waals surface area contributed by atoms with Crippen LogP contribution in [0.1, 0.15) is 105 Å². The Kier molecular flexibility index (Phi) is 5.33. The summed E-state index contributed by atoms with van der Waals surface area (Å²) in [6.45, 7) is 17.4. The highest BCUT2D eigenvalue weighted by Gasteiger charge is 2.70. The summed E-state index contributed by atoms with van der Waals surface area (Å²) in [5.41, 5.74) is -0.382. The number of Topliss-reactive ketones (excluding diaryl/α,β-unsaturated/α-hetero) is 1. The number of rotatable bonds is 1. The normalized spacial score (nSPS) is 44.1. The second kappa shape index (κ2) is 7.80. The zero-order valence-corrected chi connectivity index (χ0v) is 24.9. The minimum atomic E-state index is -0.650. The third kappa shape index (κ3) is 3.19. The van der Waals surface area contributed by atoms with Crippen molar-refractivity contribution in [1.82, 2.24) is 10.2 Å². The van der Waals surface area contributed by atoms with Crippen LogP contribution in [0.3, 0.4) is 0 Å². The second-order valence-corrected chi connectivity index (χ2v) is 15.5. The molecule has 0 radical (unpaired) electrons. The molecule has 6 heteroatoms. The number of ketones is 2. The number of fused-ring (bicyclic) bond motifs is 7. The van der Waals surface area contributed by atoms with Crippen molar-refractivity contribution in [3.8, 4) is 6.07 Å². The van der Waals surface area contributed by atoms with E-state index < -0.39 is 10.8 Å². The lowest BCUT2D eigenvalue weighted by atomic mass is 9.34. The van der Waals surface area contributed by atoms with Gasteiger partial charge in [0.15, 0.2) is 11.6 Å². The summed E-state index contributed by atoms with van der Waals surface area (Å²) in [4.78, 5) is 27.8. The summed E-state index contributed by atoms with van der Waals surface area (Å²) in [5, 5.41) is 18.7. The number of nitriles is 1. The lowest BCUT2D eigenvalue weighted by Crippen LogP contribution is -2.65. The molecule has 6 nitrogen and oxygen atoms in total. The van der Waals surface area contributed by atoms with Crippen molar-refractivity contribution in [2.24, 2.45) is 44.8 Å². The Balaban J connectivity index is 1.54. The molecule has 0 N–H and O–H groups in total. The predicted molar refractivity (Wildman–Crippen MR) is 147 cm³/mol. The molecule has 0 spiro atoms. The lowest BCUT2D eigenvalue weighted by Gasteiger charge is -2.68. The summed E-state index contributed by atoms with van der Waals surface area (Å²) >= 11 is 0. The van der Waals surface area contributed by atoms with Gasteiger partial charge < -0.3 is 4.42 Å². The van der Waals surface area contributed by atoms with Gasteiger partial charge in [-0.15, -0.1) is 10.2 Å². The van der Waals surface area contributed by atoms with Gasteiger partial charge in [-0.2, -0.15) is 5.26 Å². The van der Waals surface area contributed by atoms with Crippen molar-refractivity contribution in [2.75, 3.05) is 0 Å². The Morgan fingerprint density at radius 3 is 2.31 bits per heavy atom. The smallest absolute Gasteiger partial charge is 0.222 e. The molecular formula is C33H43N3O3. The van der Waals surface area contributed by atoms with Gasteiger partial charge in [0, 0.05) is 23.7 Å². The van der Waals surface area contributed by atoms with E-state index >= 15 is 0 Å². The van der Waals surface area contributed by atoms with Crippen molar-refractivity contribution in [3.05, 3.63) is 35.1 Å². The maximum absolute atomic E-state index is 14.6. The minimum Gasteiger partial charge on any atom is -0.425 e. The summed E-state index contributed by atoms with van der Waals surface area (Å²) in [7, 11) is 0. The van der Waals surface area contributed by atoms with E-state index in [2.05, 4.69) is 50.9 Å². The molecule has 1 aromatic heterocycles. The van der Waals surface area contributed by atoms with Gasteiger partial charge in [-0.3, -0.25) is 9.59 Å². The largest absolute Gasteiger partial charge is 0.425 e. The lowest BCUT2D eigenvalue weighted by molar-refractivity contribution is -0.161. The summed E-state index contributed by atoms with van der Waals surface area (Å²) in [6, 6.07) is 2.20. The first-order chi connectivity index (χ1) is 18.1. The number of aryl methyl sites for hydroxylation is 1. The monoisotopic (exact) mass is 529 g/mol. The minimum absolute atomic E-state index is 0.0551. The van der Waals surface area contributed by atoms with E-state index in [-0.39, 0.29) is 56.6 Å². The SMILES string of the molecule is Cc1nnc([C@]23CCC(C)(C)CC2C2C(=O)C=C4[C@@]5(C)C=C(C#N)C(=O)C(C)(C)C5CC[C@@]4(C)[C@]2(C)CC3)o1. The molecule has 0 aliphatic heterocycles. The van der Waals surface area contributed by atoms with Crippen LogP contribution < -0.4 is 0 Å². The Bertz CT molecular complexity index is 1390. The van der Waals surface area contributed by atoms with Crippen molar-refractivity contribution >= 4 is 11.6 Å². The number of hydrogen-bond acceptors (Lipinski definition) is 6. The summed E-state index contributed by atoms with van der Waals surface area (Å²) in [5.74, 6) is 1.49. The molecule has 3 fully saturated rings. The number of allylic oxidation sites excluding steroid dienone is 4. The van der Waals surface area contributed by atoms with Crippen LogP contribution in [-0.2, 0) is 15.0 Å². The van der Waals surface area contributed by atoms with Crippen LogP contribution in [0.15, 0.2) is 27.7 Å². The first-order valence-corrected chi connectivity index (χ1v) is 14.8. The fourth-order valence-electron chi connectivity index (χ4n) is 10.5. The van der Waals surface area contributed by atoms with Gasteiger partial charge in [0.2, 0.25) is 11.8 Å². The molecule has 5 aliphatic rings. The summed E-state index contributed by atoms with van der Waals surface area (Å²) < 4.78 is 6.16. The van der Waals surface area contributed by atoms with E-state index in [0.717, 1.165) is 56.4 Å². The maximum atomic E-state index is 14.6. The Morgan fingerprint density at radius 2 is 1.67 bits per heavy atom. The molecular weight excluding hydrogens is 486 g/mol. The third-order valence-corrected chi connectivity index (χ3v) is 12.8. The quantitative estimate of drug-likeness (QED) is 0.395. The average molecular weight is 530 g/mol. The molecule has 0 amide bonds. The average Bonchev–Trinajstić information content (AvgIpc) is 3.29. The van der Waals surface area contributed by atoms with Gasteiger partial charge in [0.05, 0.1) is 11.0 Å². The van der Waals surface area contributed by atoms with E-state index in [9.17, 15) is 14.9 Å². The highest BCUT2D eigenvalue weighted by atomic mass is 16.4. The van der Waals surface area contributed by atoms with Crippen LogP contribution in [0.5, 0.6) is 0 Å². The van der Waals surface area contributed by atoms with Crippen molar-refractivity contribution in [1.29, 1.82) is 5.26 Å². The Labute approximate surface area is 232 Å². The Morgan fingerprint density at radius 1 is 0.974 bits per heavy atom. The Hall–Kier alpha value is -2.55. The maximum Gasteiger partial charge on any atom is 0.222 e. The zero-order valence-electron chi connectivity index (χ0n) is 24.9. The van der Waals surface area contributed by atoms with Gasteiger partial charge in [0.1, 0.15) is 6.07 Å². The standard InChI is InChI=1S/C33H43N3O3/c1-19-35-36-27(39-19)33-13-11-28(2,3)17-21(33)25-22(37)15-24-30(6)16-20(18-34)26(38)29(4,5)23(30)9-10-31(24,7)32(25,8)12-14-33/h15-16,21,23,25H,9-14,17H2,1-8H3/t21?,23?,25?,30-,31+,32+,33-/m0/s1. The molecule has 7 atom stereocenters. The van der Waals surface area contributed by atoms with Gasteiger partial charge in [-0.05, 0) is 79.1 Å². The van der Waals surface area contributed by atoms with Gasteiger partial charge in [-0.25, -0.2) is 0 Å². The highest BCUT2D eigenvalue weighted by Crippen LogP contribution is 2.74. The number of carbonyl (C=O) groups is 2. The van der Waals surface area contributed by atoms with Crippen molar-refractivity contribution in [2.45, 2.75) is 106 Å². The molecule has 39 heavy (non-hydrogen) atoms. The van der Waals surface area contributed by atoms with Crippen LogP contribution in [-0.4, -0.2) is 21.8 Å². The molecule has 6 rings (SSSR count). The van der Waals surface area contributed by atoms with Crippen LogP contribution >= 0.6 is 0 Å². The van der Waals surface area contributed by atoms with E-state index in [4.69, 9.17) is 4.42 Å². The molecule has 0 aromatic carbocycles. The van der Waals surface area contributed by atoms with E-state index in [1.54, 1.807) is 0 Å². The van der Waals surface area contributed by atoms with Crippen LogP contribution in [0.25, 0.3) is 0 Å². The first kappa shape index (κ1) is 26.7. The highest BCUT2D eigenvalue weighted by molar-refractivity contribution is 6.04. The summed E-state index contributed by atoms with van der Waals surface area (Å²) in [6.07, 6.45) is 10.6. The second-order valence-electron chi connectivity index (χ2n) is 15.5. The predicted octanol–water partition coefficient (Wildman–Crippen LogP) is 6.85. The van der Waals surface area contributed by atoms with E-state index in [0.29, 0.717) is 5.89 Å². The van der Waals surface area contributed by atoms with Gasteiger partial charge in [-0.1, -0.05) is 60.1 Å². The number of hydrogen-bond donors (Lipinski definition) is 0. The first-order valence-electron chi connectivity index (χ1n) is 14.8. The molecule has 5 aliphatic carbocycles. The molecule has 1 heterocycles. The topological polar surface area (TPSA) is 96.9 Å². The molecule has 0 saturated heterocycles. The fraction of sp³-hybridized carbons (Fsp3) is 0.727. The van der Waals surface area contributed by atoms with E-state index in [1.165, 1.54) is 0 Å². The number of carbonyl (C=O) groups excluding carboxylic acids is 2. The van der Waals surface area contributed by atoms with Gasteiger partial charge >= 0.3 is 0 Å². The van der Waals surface area contributed by atoms with Crippen molar-refractivity contribution < 1.29 is 14.0 Å². The molecule has 208 valence electrons. The number of aromatic nitrogens is 2. The van der Waals surface area contributed by atoms with Crippen molar-refractivity contribution in [3.63, 3.8) is 0 Å². The van der Waals surface area contributed by atoms with E-state index in [1.807, 2.05) is 32.9 Å². The van der Waals surface area contributed by atoms with Crippen LogP contribution in [0, 0.1) is 63.1 Å². The number of nitrogens with zero attached hydrogens (tertiary/aromatic N) is 3. The van der Waals surface area contributed by atoms with Crippen LogP contribution in [0.4, 0.5) is 0 Å². The van der Waals surface area contributed by atoms with Gasteiger partial charge in [0.25, 0.3) is 0 Å². The van der Waals surface area contributed by atoms with Crippen LogP contribution in [0.2, 0.25) is 0 Å². The molecule has 3 unspecified atom stereocenters. The third-order valence-electron chi connectivity index (χ3n) is 12.8. The fourth-order valence-corrected chi connectivity index (χ4v) is 10.5. The molecule has 0 bridgehead atoms.